The number of anilines is 6. The molecule has 0 unspecified atom stereocenters. The fraction of sp³-hybridized carbons (Fsp3) is 0. The normalized spacial score (nSPS) is 11.0. The summed E-state index contributed by atoms with van der Waals surface area (Å²) < 4.78 is 1.85. The molecule has 0 aliphatic carbocycles. The number of hydrogen-bond donors (Lipinski definition) is 4. The van der Waals surface area contributed by atoms with Crippen molar-refractivity contribution in [2.75, 3.05) is 22.1 Å². The third-order valence-electron chi connectivity index (χ3n) is 5.02. The number of benzene rings is 4. The quantitative estimate of drug-likeness (QED) is 0.208. The predicted molar refractivity (Wildman–Crippen MR) is 134 cm³/mol. The lowest BCUT2D eigenvalue weighted by Crippen LogP contribution is -2.02. The van der Waals surface area contributed by atoms with E-state index < -0.39 is 0 Å². The maximum atomic E-state index is 13.0. The van der Waals surface area contributed by atoms with Crippen molar-refractivity contribution in [3.05, 3.63) is 95.2 Å². The van der Waals surface area contributed by atoms with Crippen LogP contribution in [0.2, 0.25) is 0 Å². The Morgan fingerprint density at radius 1 is 0.581 bits per heavy atom. The average molecular weight is 425 g/mol. The van der Waals surface area contributed by atoms with Gasteiger partial charge < -0.3 is 22.1 Å². The second kappa shape index (κ2) is 7.66. The van der Waals surface area contributed by atoms with Crippen LogP contribution in [0.25, 0.3) is 20.2 Å². The minimum absolute atomic E-state index is 0.0368. The summed E-state index contributed by atoms with van der Waals surface area (Å²) in [6.07, 6.45) is 0. The van der Waals surface area contributed by atoms with E-state index in [1.807, 2.05) is 84.9 Å². The van der Waals surface area contributed by atoms with Crippen LogP contribution in [-0.4, -0.2) is 0 Å². The van der Waals surface area contributed by atoms with Crippen LogP contribution < -0.4 is 27.5 Å². The summed E-state index contributed by atoms with van der Waals surface area (Å²) in [5.41, 5.74) is 16.8. The summed E-state index contributed by atoms with van der Waals surface area (Å²) in [5, 5.41) is 8.14. The van der Waals surface area contributed by atoms with Crippen molar-refractivity contribution in [3.8, 4) is 0 Å². The zero-order valence-electron chi connectivity index (χ0n) is 16.6. The average Bonchev–Trinajstić information content (AvgIpc) is 2.74. The van der Waals surface area contributed by atoms with E-state index in [4.69, 9.17) is 11.5 Å². The van der Waals surface area contributed by atoms with E-state index in [1.165, 1.54) is 0 Å². The molecule has 152 valence electrons. The third-order valence-corrected chi connectivity index (χ3v) is 6.14. The van der Waals surface area contributed by atoms with Gasteiger partial charge in [0, 0.05) is 54.3 Å². The standard InChI is InChI=1S/C25H20N4OS/c26-15-3-1-5-17(11-15)28-19-7-9-21-23(13-19)31-24-14-20(8-10-22(24)25(21)30)29-18-6-2-4-16(27)12-18/h1-14,28-29H,26-27H2. The van der Waals surface area contributed by atoms with E-state index in [1.54, 1.807) is 11.3 Å². The van der Waals surface area contributed by atoms with Crippen molar-refractivity contribution in [1.29, 1.82) is 0 Å². The number of nitrogens with two attached hydrogens (primary N) is 2. The minimum atomic E-state index is 0.0368. The zero-order valence-corrected chi connectivity index (χ0v) is 17.4. The maximum Gasteiger partial charge on any atom is 0.195 e. The van der Waals surface area contributed by atoms with Crippen molar-refractivity contribution in [1.82, 2.24) is 0 Å². The zero-order chi connectivity index (χ0) is 21.4. The van der Waals surface area contributed by atoms with Crippen LogP contribution in [0, 0.1) is 0 Å². The summed E-state index contributed by atoms with van der Waals surface area (Å²) in [4.78, 5) is 13.0. The second-order valence-corrected chi connectivity index (χ2v) is 8.44. The van der Waals surface area contributed by atoms with Gasteiger partial charge in [0.2, 0.25) is 0 Å². The summed E-state index contributed by atoms with van der Waals surface area (Å²) >= 11 is 1.59. The Hall–Kier alpha value is -4.03. The highest BCUT2D eigenvalue weighted by atomic mass is 32.1. The molecule has 1 aromatic heterocycles. The third kappa shape index (κ3) is 3.89. The molecule has 4 aromatic carbocycles. The Balaban J connectivity index is 1.54. The summed E-state index contributed by atoms with van der Waals surface area (Å²) in [5.74, 6) is 0. The molecule has 0 spiro atoms. The van der Waals surface area contributed by atoms with Gasteiger partial charge >= 0.3 is 0 Å². The molecule has 0 saturated heterocycles. The molecule has 0 bridgehead atoms. The molecule has 0 radical (unpaired) electrons. The smallest absolute Gasteiger partial charge is 0.195 e. The van der Waals surface area contributed by atoms with Crippen LogP contribution in [0.4, 0.5) is 34.1 Å². The van der Waals surface area contributed by atoms with Crippen LogP contribution in [0.1, 0.15) is 0 Å². The number of rotatable bonds is 4. The van der Waals surface area contributed by atoms with Crippen molar-refractivity contribution in [2.24, 2.45) is 0 Å². The second-order valence-electron chi connectivity index (χ2n) is 7.35. The van der Waals surface area contributed by atoms with Gasteiger partial charge in [-0.1, -0.05) is 12.1 Å². The van der Waals surface area contributed by atoms with Gasteiger partial charge in [-0.2, -0.15) is 0 Å². The van der Waals surface area contributed by atoms with Crippen LogP contribution in [0.15, 0.2) is 89.7 Å². The number of hydrogen-bond acceptors (Lipinski definition) is 6. The molecule has 5 rings (SSSR count). The first kappa shape index (κ1) is 19.0. The summed E-state index contributed by atoms with van der Waals surface area (Å²) in [6.45, 7) is 0. The molecular weight excluding hydrogens is 404 g/mol. The van der Waals surface area contributed by atoms with Crippen LogP contribution in [0.5, 0.6) is 0 Å². The number of nitrogens with one attached hydrogen (secondary N) is 2. The Kier molecular flexibility index (Phi) is 4.69. The van der Waals surface area contributed by atoms with Gasteiger partial charge in [-0.15, -0.1) is 11.3 Å². The van der Waals surface area contributed by atoms with Gasteiger partial charge in [-0.25, -0.2) is 0 Å². The highest BCUT2D eigenvalue weighted by Crippen LogP contribution is 2.31. The van der Waals surface area contributed by atoms with Gasteiger partial charge in [-0.3, -0.25) is 4.79 Å². The molecule has 0 saturated carbocycles. The topological polar surface area (TPSA) is 93.2 Å². The van der Waals surface area contributed by atoms with Gasteiger partial charge in [0.1, 0.15) is 0 Å². The van der Waals surface area contributed by atoms with E-state index in [0.29, 0.717) is 22.1 Å². The van der Waals surface area contributed by atoms with Gasteiger partial charge in [0.05, 0.1) is 0 Å². The molecule has 0 aliphatic rings. The van der Waals surface area contributed by atoms with Crippen molar-refractivity contribution in [2.45, 2.75) is 0 Å². The molecule has 0 atom stereocenters. The van der Waals surface area contributed by atoms with E-state index in [-0.39, 0.29) is 5.43 Å². The molecule has 0 aliphatic heterocycles. The van der Waals surface area contributed by atoms with Crippen molar-refractivity contribution in [3.63, 3.8) is 0 Å². The SMILES string of the molecule is Nc1cccc(Nc2ccc3c(=O)c4ccc(Nc5cccc(N)c5)cc4sc3c2)c1. The summed E-state index contributed by atoms with van der Waals surface area (Å²) in [6, 6.07) is 26.8. The first-order chi connectivity index (χ1) is 15.0. The molecule has 5 aromatic rings. The Labute approximate surface area is 183 Å². The molecule has 0 fully saturated rings. The largest absolute Gasteiger partial charge is 0.399 e. The number of nitrogen functional groups attached to an aromatic ring is 2. The predicted octanol–water partition coefficient (Wildman–Crippen LogP) is 6.07. The summed E-state index contributed by atoms with van der Waals surface area (Å²) in [7, 11) is 0. The van der Waals surface area contributed by atoms with Crippen LogP contribution >= 0.6 is 11.3 Å². The fourth-order valence-corrected chi connectivity index (χ4v) is 4.72. The van der Waals surface area contributed by atoms with E-state index in [0.717, 1.165) is 32.1 Å². The first-order valence-electron chi connectivity index (χ1n) is 9.81. The molecule has 6 heteroatoms. The van der Waals surface area contributed by atoms with Crippen molar-refractivity contribution >= 4 is 65.6 Å². The minimum Gasteiger partial charge on any atom is -0.399 e. The highest BCUT2D eigenvalue weighted by molar-refractivity contribution is 7.24. The van der Waals surface area contributed by atoms with E-state index >= 15 is 0 Å². The van der Waals surface area contributed by atoms with E-state index in [2.05, 4.69) is 10.6 Å². The van der Waals surface area contributed by atoms with E-state index in [9.17, 15) is 4.79 Å². The lowest BCUT2D eigenvalue weighted by molar-refractivity contribution is 1.56. The number of fused-ring (bicyclic) bond motifs is 2. The van der Waals surface area contributed by atoms with Gasteiger partial charge in [-0.05, 0) is 72.8 Å². The first-order valence-corrected chi connectivity index (χ1v) is 10.6. The Bertz CT molecular complexity index is 1380. The molecule has 6 N–H and O–H groups in total. The monoisotopic (exact) mass is 424 g/mol. The molecule has 1 heterocycles. The molecule has 5 nitrogen and oxygen atoms in total. The fourth-order valence-electron chi connectivity index (χ4n) is 3.57. The van der Waals surface area contributed by atoms with Crippen molar-refractivity contribution < 1.29 is 0 Å². The van der Waals surface area contributed by atoms with Crippen LogP contribution in [-0.2, 0) is 0 Å². The van der Waals surface area contributed by atoms with Crippen LogP contribution in [0.3, 0.4) is 0 Å². The Morgan fingerprint density at radius 2 is 1.03 bits per heavy atom. The Morgan fingerprint density at radius 3 is 1.48 bits per heavy atom. The molecule has 0 amide bonds. The van der Waals surface area contributed by atoms with Gasteiger partial charge in [0.15, 0.2) is 5.43 Å². The highest BCUT2D eigenvalue weighted by Gasteiger charge is 2.08. The maximum absolute atomic E-state index is 13.0. The lowest BCUT2D eigenvalue weighted by Gasteiger charge is -2.10. The lowest BCUT2D eigenvalue weighted by atomic mass is 10.1. The molecule has 31 heavy (non-hydrogen) atoms. The molecular formula is C25H20N4OS. The van der Waals surface area contributed by atoms with Gasteiger partial charge in [0.25, 0.3) is 0 Å².